The molecule has 3 heteroatoms. The molecule has 1 N–H and O–H groups in total. The second-order valence-corrected chi connectivity index (χ2v) is 5.47. The molecule has 0 radical (unpaired) electrons. The Balaban J connectivity index is 2.15. The summed E-state index contributed by atoms with van der Waals surface area (Å²) in [4.78, 5) is 4.48. The SMILES string of the molecule is CC(C)(C)[C@H]1COC([C@H](O)c2ccccc2)=N1. The van der Waals surface area contributed by atoms with Crippen LogP contribution in [-0.2, 0) is 4.74 Å². The quantitative estimate of drug-likeness (QED) is 0.853. The van der Waals surface area contributed by atoms with Gasteiger partial charge in [-0.05, 0) is 11.0 Å². The molecule has 1 aliphatic heterocycles. The summed E-state index contributed by atoms with van der Waals surface area (Å²) in [5.41, 5.74) is 0.888. The number of aliphatic hydroxyl groups excluding tert-OH is 1. The van der Waals surface area contributed by atoms with Crippen molar-refractivity contribution in [1.82, 2.24) is 0 Å². The van der Waals surface area contributed by atoms with Gasteiger partial charge in [0, 0.05) is 0 Å². The first kappa shape index (κ1) is 12.1. The van der Waals surface area contributed by atoms with Crippen LogP contribution in [0, 0.1) is 5.41 Å². The van der Waals surface area contributed by atoms with Crippen LogP contribution in [0.25, 0.3) is 0 Å². The third-order valence-corrected chi connectivity index (χ3v) is 3.02. The van der Waals surface area contributed by atoms with Gasteiger partial charge in [-0.15, -0.1) is 0 Å². The largest absolute Gasteiger partial charge is 0.477 e. The number of benzene rings is 1. The molecule has 0 bridgehead atoms. The van der Waals surface area contributed by atoms with Gasteiger partial charge in [0.15, 0.2) is 6.10 Å². The first-order chi connectivity index (χ1) is 7.98. The van der Waals surface area contributed by atoms with Gasteiger partial charge in [0.25, 0.3) is 0 Å². The molecule has 2 rings (SSSR count). The highest BCUT2D eigenvalue weighted by atomic mass is 16.5. The van der Waals surface area contributed by atoms with Crippen molar-refractivity contribution in [1.29, 1.82) is 0 Å². The second-order valence-electron chi connectivity index (χ2n) is 5.47. The molecule has 0 aromatic heterocycles. The maximum Gasteiger partial charge on any atom is 0.218 e. The molecule has 0 fully saturated rings. The average Bonchev–Trinajstić information content (AvgIpc) is 2.78. The standard InChI is InChI=1S/C14H19NO2/c1-14(2,3)11-9-17-13(15-11)12(16)10-7-5-4-6-8-10/h4-8,11-12,16H,9H2,1-3H3/t11-,12-/m1/s1. The molecule has 0 saturated heterocycles. The third kappa shape index (κ3) is 2.67. The van der Waals surface area contributed by atoms with Crippen molar-refractivity contribution in [3.05, 3.63) is 35.9 Å². The van der Waals surface area contributed by atoms with E-state index in [-0.39, 0.29) is 11.5 Å². The van der Waals surface area contributed by atoms with Gasteiger partial charge in [-0.25, -0.2) is 4.99 Å². The van der Waals surface area contributed by atoms with Crippen LogP contribution < -0.4 is 0 Å². The van der Waals surface area contributed by atoms with Gasteiger partial charge in [-0.2, -0.15) is 0 Å². The zero-order chi connectivity index (χ0) is 12.5. The molecule has 0 aliphatic carbocycles. The van der Waals surface area contributed by atoms with Crippen molar-refractivity contribution >= 4 is 5.90 Å². The summed E-state index contributed by atoms with van der Waals surface area (Å²) in [5, 5.41) is 10.1. The van der Waals surface area contributed by atoms with E-state index in [0.717, 1.165) is 5.56 Å². The van der Waals surface area contributed by atoms with Crippen LogP contribution >= 0.6 is 0 Å². The van der Waals surface area contributed by atoms with E-state index in [2.05, 4.69) is 25.8 Å². The van der Waals surface area contributed by atoms with Crippen LogP contribution in [0.1, 0.15) is 32.4 Å². The van der Waals surface area contributed by atoms with E-state index in [1.807, 2.05) is 30.3 Å². The van der Waals surface area contributed by atoms with Crippen LogP contribution in [0.15, 0.2) is 35.3 Å². The number of ether oxygens (including phenoxy) is 1. The van der Waals surface area contributed by atoms with Crippen molar-refractivity contribution < 1.29 is 9.84 Å². The summed E-state index contributed by atoms with van der Waals surface area (Å²) in [7, 11) is 0. The van der Waals surface area contributed by atoms with Gasteiger partial charge in [0.2, 0.25) is 5.90 Å². The highest BCUT2D eigenvalue weighted by Gasteiger charge is 2.32. The van der Waals surface area contributed by atoms with E-state index in [1.165, 1.54) is 0 Å². The zero-order valence-corrected chi connectivity index (χ0v) is 10.6. The second kappa shape index (κ2) is 4.49. The Bertz CT molecular complexity index is 406. The maximum absolute atomic E-state index is 10.1. The number of rotatable bonds is 2. The Kier molecular flexibility index (Phi) is 3.20. The van der Waals surface area contributed by atoms with Gasteiger partial charge in [-0.3, -0.25) is 0 Å². The summed E-state index contributed by atoms with van der Waals surface area (Å²) in [5.74, 6) is 0.441. The summed E-state index contributed by atoms with van der Waals surface area (Å²) in [6.45, 7) is 6.94. The molecule has 0 spiro atoms. The van der Waals surface area contributed by atoms with E-state index in [9.17, 15) is 5.11 Å². The van der Waals surface area contributed by atoms with Crippen molar-refractivity contribution in [2.75, 3.05) is 6.61 Å². The summed E-state index contributed by atoms with van der Waals surface area (Å²) >= 11 is 0. The number of aliphatic imine (C=N–C) groups is 1. The van der Waals surface area contributed by atoms with Crippen LogP contribution in [-0.4, -0.2) is 23.7 Å². The number of nitrogens with zero attached hydrogens (tertiary/aromatic N) is 1. The molecule has 1 heterocycles. The Hall–Kier alpha value is -1.35. The molecule has 2 atom stereocenters. The smallest absolute Gasteiger partial charge is 0.218 e. The van der Waals surface area contributed by atoms with Crippen LogP contribution in [0.3, 0.4) is 0 Å². The lowest BCUT2D eigenvalue weighted by molar-refractivity contribution is 0.186. The summed E-state index contributed by atoms with van der Waals surface area (Å²) in [6.07, 6.45) is -0.747. The lowest BCUT2D eigenvalue weighted by Crippen LogP contribution is -2.25. The molecule has 1 aromatic carbocycles. The van der Waals surface area contributed by atoms with Crippen molar-refractivity contribution in [3.63, 3.8) is 0 Å². The predicted octanol–water partition coefficient (Wildman–Crippen LogP) is 2.56. The van der Waals surface area contributed by atoms with Gasteiger partial charge in [0.1, 0.15) is 6.61 Å². The van der Waals surface area contributed by atoms with Gasteiger partial charge < -0.3 is 9.84 Å². The van der Waals surface area contributed by atoms with Crippen molar-refractivity contribution in [2.45, 2.75) is 32.9 Å². The van der Waals surface area contributed by atoms with Crippen LogP contribution in [0.2, 0.25) is 0 Å². The number of hydrogen-bond acceptors (Lipinski definition) is 3. The lowest BCUT2D eigenvalue weighted by Gasteiger charge is -2.21. The van der Waals surface area contributed by atoms with Crippen LogP contribution in [0.4, 0.5) is 0 Å². The highest BCUT2D eigenvalue weighted by molar-refractivity contribution is 5.83. The van der Waals surface area contributed by atoms with E-state index in [4.69, 9.17) is 4.74 Å². The maximum atomic E-state index is 10.1. The first-order valence-corrected chi connectivity index (χ1v) is 5.92. The van der Waals surface area contributed by atoms with Gasteiger partial charge in [0.05, 0.1) is 6.04 Å². The molecule has 3 nitrogen and oxygen atoms in total. The third-order valence-electron chi connectivity index (χ3n) is 3.02. The van der Waals surface area contributed by atoms with Crippen molar-refractivity contribution in [2.24, 2.45) is 10.4 Å². The predicted molar refractivity (Wildman–Crippen MR) is 68.0 cm³/mol. The molecule has 1 aliphatic rings. The molecule has 1 aromatic rings. The first-order valence-electron chi connectivity index (χ1n) is 5.92. The molecular weight excluding hydrogens is 214 g/mol. The normalized spacial score (nSPS) is 21.9. The van der Waals surface area contributed by atoms with E-state index in [1.54, 1.807) is 0 Å². The van der Waals surface area contributed by atoms with Crippen LogP contribution in [0.5, 0.6) is 0 Å². The summed E-state index contributed by atoms with van der Waals surface area (Å²) < 4.78 is 5.51. The molecule has 0 saturated carbocycles. The lowest BCUT2D eigenvalue weighted by atomic mass is 9.88. The Morgan fingerprint density at radius 1 is 1.29 bits per heavy atom. The fourth-order valence-electron chi connectivity index (χ4n) is 1.76. The van der Waals surface area contributed by atoms with E-state index in [0.29, 0.717) is 12.5 Å². The minimum absolute atomic E-state index is 0.0676. The topological polar surface area (TPSA) is 41.8 Å². The molecular formula is C14H19NO2. The van der Waals surface area contributed by atoms with Gasteiger partial charge >= 0.3 is 0 Å². The van der Waals surface area contributed by atoms with E-state index >= 15 is 0 Å². The number of hydrogen-bond donors (Lipinski definition) is 1. The Morgan fingerprint density at radius 3 is 2.47 bits per heavy atom. The minimum atomic E-state index is -0.747. The Labute approximate surface area is 102 Å². The Morgan fingerprint density at radius 2 is 1.94 bits per heavy atom. The molecule has 17 heavy (non-hydrogen) atoms. The fourth-order valence-corrected chi connectivity index (χ4v) is 1.76. The minimum Gasteiger partial charge on any atom is -0.477 e. The van der Waals surface area contributed by atoms with Crippen molar-refractivity contribution in [3.8, 4) is 0 Å². The summed E-state index contributed by atoms with van der Waals surface area (Å²) in [6, 6.07) is 9.59. The zero-order valence-electron chi connectivity index (χ0n) is 10.6. The monoisotopic (exact) mass is 233 g/mol. The molecule has 0 amide bonds. The highest BCUT2D eigenvalue weighted by Crippen LogP contribution is 2.29. The molecule has 92 valence electrons. The average molecular weight is 233 g/mol. The fraction of sp³-hybridized carbons (Fsp3) is 0.500. The molecule has 0 unspecified atom stereocenters. The number of aliphatic hydroxyl groups is 1. The van der Waals surface area contributed by atoms with Gasteiger partial charge in [-0.1, -0.05) is 51.1 Å². The van der Waals surface area contributed by atoms with E-state index < -0.39 is 6.10 Å².